The Morgan fingerprint density at radius 2 is 1.72 bits per heavy atom. The topological polar surface area (TPSA) is 64.1 Å². The average Bonchev–Trinajstić information content (AvgIpc) is 2.95. The van der Waals surface area contributed by atoms with E-state index in [1.54, 1.807) is 24.5 Å². The number of benzene rings is 3. The largest absolute Gasteiger partial charge is 0.491 e. The number of pyridine rings is 1. The monoisotopic (exact) mass is 528 g/mol. The summed E-state index contributed by atoms with van der Waals surface area (Å²) in [6, 6.07) is 24.7. The Morgan fingerprint density at radius 3 is 2.56 bits per heavy atom. The quantitative estimate of drug-likeness (QED) is 0.375. The molecule has 0 saturated carbocycles. The Bertz CT molecular complexity index is 1330. The number of aliphatic hydroxyl groups excluding tert-OH is 1. The first kappa shape index (κ1) is 26.8. The molecule has 5 rings (SSSR count). The molecule has 0 aliphatic carbocycles. The highest BCUT2D eigenvalue weighted by Crippen LogP contribution is 2.29. The van der Waals surface area contributed by atoms with Crippen LogP contribution in [0.15, 0.2) is 91.3 Å². The maximum absolute atomic E-state index is 13.1. The molecule has 3 aromatic carbocycles. The lowest BCUT2D eigenvalue weighted by Gasteiger charge is -2.26. The van der Waals surface area contributed by atoms with Crippen LogP contribution in [0.25, 0.3) is 11.1 Å². The normalized spacial score (nSPS) is 15.4. The first-order valence-corrected chi connectivity index (χ1v) is 13.2. The smallest absolute Gasteiger partial charge is 0.123 e. The predicted octanol–water partition coefficient (Wildman–Crippen LogP) is 5.13. The van der Waals surface area contributed by atoms with Crippen molar-refractivity contribution in [2.45, 2.75) is 19.1 Å². The molecule has 1 aromatic heterocycles. The Kier molecular flexibility index (Phi) is 9.17. The Hall–Kier alpha value is -3.78. The molecule has 1 atom stereocenters. The van der Waals surface area contributed by atoms with Gasteiger partial charge in [0.2, 0.25) is 0 Å². The van der Waals surface area contributed by atoms with Gasteiger partial charge in [-0.1, -0.05) is 30.3 Å². The van der Waals surface area contributed by atoms with Gasteiger partial charge in [-0.05, 0) is 76.3 Å². The van der Waals surface area contributed by atoms with Crippen molar-refractivity contribution in [3.8, 4) is 22.6 Å². The van der Waals surface area contributed by atoms with Crippen LogP contribution < -0.4 is 9.47 Å². The van der Waals surface area contributed by atoms with Crippen molar-refractivity contribution in [1.29, 1.82) is 0 Å². The number of β-amino-alcohol motifs (C(OH)–C–C–N with tert-alkyl or cyclic N) is 1. The van der Waals surface area contributed by atoms with Gasteiger partial charge in [-0.2, -0.15) is 0 Å². The third kappa shape index (κ3) is 7.86. The summed E-state index contributed by atoms with van der Waals surface area (Å²) in [6.45, 7) is 3.31. The van der Waals surface area contributed by atoms with Gasteiger partial charge < -0.3 is 19.3 Å². The highest BCUT2D eigenvalue weighted by molar-refractivity contribution is 5.65. The Balaban J connectivity index is 1.30. The van der Waals surface area contributed by atoms with Gasteiger partial charge in [0.15, 0.2) is 0 Å². The minimum Gasteiger partial charge on any atom is -0.491 e. The number of halogens is 1. The molecule has 0 amide bonds. The Labute approximate surface area is 228 Å². The first-order valence-electron chi connectivity index (χ1n) is 13.2. The van der Waals surface area contributed by atoms with Crippen LogP contribution in [0.5, 0.6) is 11.5 Å². The van der Waals surface area contributed by atoms with E-state index in [0.29, 0.717) is 45.2 Å². The van der Waals surface area contributed by atoms with E-state index in [9.17, 15) is 9.50 Å². The standard InChI is InChI=1S/C32H33FN2O4/c33-29-5-7-31(8-6-29)39-23-30(36)22-35-14-15-37-16-17-38-32-9-4-27(26-10-12-34-13-11-26)20-28(32)19-24-2-1-3-25(18-24)21-35/h1-13,18,20,30,36H,14-17,19,21-23H2. The van der Waals surface area contributed by atoms with E-state index in [4.69, 9.17) is 14.2 Å². The number of aliphatic hydroxyl groups is 1. The van der Waals surface area contributed by atoms with E-state index < -0.39 is 6.10 Å². The first-order chi connectivity index (χ1) is 19.1. The fraction of sp³-hybridized carbons (Fsp3) is 0.281. The van der Waals surface area contributed by atoms with Crippen LogP contribution in [0, 0.1) is 5.82 Å². The minimum absolute atomic E-state index is 0.119. The number of aromatic nitrogens is 1. The van der Waals surface area contributed by atoms with Gasteiger partial charge in [0, 0.05) is 38.4 Å². The maximum atomic E-state index is 13.1. The van der Waals surface area contributed by atoms with Crippen molar-refractivity contribution in [2.75, 3.05) is 39.5 Å². The fourth-order valence-corrected chi connectivity index (χ4v) is 4.71. The van der Waals surface area contributed by atoms with E-state index in [1.165, 1.54) is 17.7 Å². The second-order valence-electron chi connectivity index (χ2n) is 9.67. The molecule has 1 aliphatic rings. The van der Waals surface area contributed by atoms with Crippen molar-refractivity contribution in [1.82, 2.24) is 9.88 Å². The summed E-state index contributed by atoms with van der Waals surface area (Å²) >= 11 is 0. The summed E-state index contributed by atoms with van der Waals surface area (Å²) < 4.78 is 30.8. The van der Waals surface area contributed by atoms with E-state index >= 15 is 0 Å². The highest BCUT2D eigenvalue weighted by Gasteiger charge is 2.15. The lowest BCUT2D eigenvalue weighted by Crippen LogP contribution is -2.37. The number of ether oxygens (including phenoxy) is 3. The van der Waals surface area contributed by atoms with Gasteiger partial charge in [0.1, 0.15) is 36.6 Å². The van der Waals surface area contributed by atoms with Crippen LogP contribution in [0.1, 0.15) is 16.7 Å². The van der Waals surface area contributed by atoms with Crippen molar-refractivity contribution >= 4 is 0 Å². The average molecular weight is 529 g/mol. The van der Waals surface area contributed by atoms with Crippen molar-refractivity contribution in [2.24, 2.45) is 0 Å². The molecule has 0 saturated heterocycles. The summed E-state index contributed by atoms with van der Waals surface area (Å²) in [5.74, 6) is 1.07. The summed E-state index contributed by atoms with van der Waals surface area (Å²) in [5, 5.41) is 10.7. The molecule has 4 aromatic rings. The van der Waals surface area contributed by atoms with Crippen molar-refractivity contribution < 1.29 is 23.7 Å². The molecule has 0 fully saturated rings. The zero-order valence-electron chi connectivity index (χ0n) is 21.8. The molecule has 2 heterocycles. The maximum Gasteiger partial charge on any atom is 0.123 e. The molecule has 1 unspecified atom stereocenters. The summed E-state index contributed by atoms with van der Waals surface area (Å²) in [5.41, 5.74) is 5.70. The minimum atomic E-state index is -0.709. The van der Waals surface area contributed by atoms with E-state index in [0.717, 1.165) is 34.4 Å². The fourth-order valence-electron chi connectivity index (χ4n) is 4.71. The van der Waals surface area contributed by atoms with Gasteiger partial charge in [-0.15, -0.1) is 0 Å². The molecule has 2 bridgehead atoms. The van der Waals surface area contributed by atoms with Gasteiger partial charge in [-0.25, -0.2) is 4.39 Å². The molecule has 7 heteroatoms. The van der Waals surface area contributed by atoms with Crippen LogP contribution in [-0.2, 0) is 17.7 Å². The SMILES string of the molecule is OC(COc1ccc(F)cc1)CN1CCOCCOc2ccc(-c3ccncc3)cc2Cc2cccc(c2)C1. The van der Waals surface area contributed by atoms with E-state index in [1.807, 2.05) is 18.2 Å². The molecule has 0 spiro atoms. The lowest BCUT2D eigenvalue weighted by atomic mass is 9.97. The van der Waals surface area contributed by atoms with Crippen LogP contribution in [-0.4, -0.2) is 60.6 Å². The van der Waals surface area contributed by atoms with Gasteiger partial charge in [-0.3, -0.25) is 9.88 Å². The molecule has 6 nitrogen and oxygen atoms in total. The van der Waals surface area contributed by atoms with Crippen LogP contribution in [0.2, 0.25) is 0 Å². The molecule has 1 aliphatic heterocycles. The van der Waals surface area contributed by atoms with Crippen molar-refractivity contribution in [3.05, 3.63) is 114 Å². The number of nitrogens with zero attached hydrogens (tertiary/aromatic N) is 2. The number of fused-ring (bicyclic) bond motifs is 3. The second kappa shape index (κ2) is 13.3. The van der Waals surface area contributed by atoms with Crippen LogP contribution in [0.4, 0.5) is 4.39 Å². The van der Waals surface area contributed by atoms with Crippen molar-refractivity contribution in [3.63, 3.8) is 0 Å². The number of hydrogen-bond acceptors (Lipinski definition) is 6. The molecule has 0 radical (unpaired) electrons. The summed E-state index contributed by atoms with van der Waals surface area (Å²) in [4.78, 5) is 6.30. The predicted molar refractivity (Wildman–Crippen MR) is 148 cm³/mol. The summed E-state index contributed by atoms with van der Waals surface area (Å²) in [7, 11) is 0. The summed E-state index contributed by atoms with van der Waals surface area (Å²) in [6.07, 6.45) is 3.63. The third-order valence-electron chi connectivity index (χ3n) is 6.63. The molecule has 1 N–H and O–H groups in total. The lowest BCUT2D eigenvalue weighted by molar-refractivity contribution is 0.0409. The molecule has 39 heavy (non-hydrogen) atoms. The molecular weight excluding hydrogens is 495 g/mol. The zero-order valence-corrected chi connectivity index (χ0v) is 21.8. The number of hydrogen-bond donors (Lipinski definition) is 1. The van der Waals surface area contributed by atoms with E-state index in [2.05, 4.69) is 46.3 Å². The van der Waals surface area contributed by atoms with Gasteiger partial charge in [0.05, 0.1) is 13.2 Å². The van der Waals surface area contributed by atoms with Crippen LogP contribution in [0.3, 0.4) is 0 Å². The van der Waals surface area contributed by atoms with E-state index in [-0.39, 0.29) is 12.4 Å². The zero-order chi connectivity index (χ0) is 26.9. The Morgan fingerprint density at radius 1 is 0.897 bits per heavy atom. The van der Waals surface area contributed by atoms with Crippen LogP contribution >= 0.6 is 0 Å². The second-order valence-corrected chi connectivity index (χ2v) is 9.67. The molecule has 202 valence electrons. The molecular formula is C32H33FN2O4. The third-order valence-corrected chi connectivity index (χ3v) is 6.63. The van der Waals surface area contributed by atoms with Gasteiger partial charge >= 0.3 is 0 Å². The number of rotatable bonds is 6. The highest BCUT2D eigenvalue weighted by atomic mass is 19.1. The van der Waals surface area contributed by atoms with Gasteiger partial charge in [0.25, 0.3) is 0 Å².